The van der Waals surface area contributed by atoms with Gasteiger partial charge in [-0.15, -0.1) is 0 Å². The third-order valence-electron chi connectivity index (χ3n) is 5.85. The number of rotatable bonds is 9. The van der Waals surface area contributed by atoms with Crippen LogP contribution < -0.4 is 10.1 Å². The van der Waals surface area contributed by atoms with Gasteiger partial charge in [0.1, 0.15) is 11.8 Å². The van der Waals surface area contributed by atoms with E-state index in [4.69, 9.17) is 16.3 Å². The van der Waals surface area contributed by atoms with Crippen molar-refractivity contribution in [2.24, 2.45) is 0 Å². The van der Waals surface area contributed by atoms with Crippen LogP contribution in [0.4, 0.5) is 0 Å². The van der Waals surface area contributed by atoms with E-state index in [1.165, 1.54) is 6.07 Å². The molecule has 4 rings (SSSR count). The number of amides is 1. The van der Waals surface area contributed by atoms with Gasteiger partial charge in [-0.05, 0) is 69.5 Å². The Hall–Kier alpha value is -3.86. The minimum atomic E-state index is -0.594. The monoisotopic (exact) mass is 516 g/mol. The number of ether oxygens (including phenoxy) is 1. The van der Waals surface area contributed by atoms with Crippen molar-refractivity contribution in [3.63, 3.8) is 0 Å². The number of aliphatic hydroxyl groups excluding tert-OH is 1. The first-order valence-electron chi connectivity index (χ1n) is 12.2. The van der Waals surface area contributed by atoms with Crippen molar-refractivity contribution in [1.29, 1.82) is 5.26 Å². The summed E-state index contributed by atoms with van der Waals surface area (Å²) in [5, 5.41) is 23.1. The van der Waals surface area contributed by atoms with Crippen molar-refractivity contribution in [3.05, 3.63) is 88.7 Å². The molecule has 1 amide bonds. The SMILES string of the molecule is CC(O)C[C@H](Cc1ccc(-c2cn3cccc(Cl)c3n2)cc1)NC(=O)c1ccc(OC(C)C)c(C#N)c1. The highest BCUT2D eigenvalue weighted by molar-refractivity contribution is 6.33. The van der Waals surface area contributed by atoms with Gasteiger partial charge < -0.3 is 19.6 Å². The van der Waals surface area contributed by atoms with Crippen LogP contribution in [0, 0.1) is 11.3 Å². The van der Waals surface area contributed by atoms with Crippen molar-refractivity contribution in [2.75, 3.05) is 0 Å². The van der Waals surface area contributed by atoms with Gasteiger partial charge in [-0.3, -0.25) is 4.79 Å². The molecule has 0 fully saturated rings. The fourth-order valence-electron chi connectivity index (χ4n) is 4.20. The van der Waals surface area contributed by atoms with Crippen molar-refractivity contribution in [2.45, 2.75) is 51.9 Å². The normalized spacial score (nSPS) is 12.8. The summed E-state index contributed by atoms with van der Waals surface area (Å²) in [5.74, 6) is 0.138. The molecule has 0 radical (unpaired) electrons. The maximum absolute atomic E-state index is 13.0. The molecule has 2 aromatic carbocycles. The second-order valence-electron chi connectivity index (χ2n) is 9.36. The molecular formula is C29H29ClN4O3. The van der Waals surface area contributed by atoms with Gasteiger partial charge in [0, 0.05) is 29.6 Å². The Labute approximate surface area is 221 Å². The number of hydrogen-bond donors (Lipinski definition) is 2. The molecule has 4 aromatic rings. The van der Waals surface area contributed by atoms with Crippen LogP contribution in [0.5, 0.6) is 5.75 Å². The van der Waals surface area contributed by atoms with Crippen LogP contribution in [-0.4, -0.2) is 38.6 Å². The number of halogens is 1. The molecule has 1 unspecified atom stereocenters. The van der Waals surface area contributed by atoms with E-state index in [1.807, 2.05) is 67.0 Å². The van der Waals surface area contributed by atoms with Gasteiger partial charge in [0.15, 0.2) is 5.65 Å². The molecular weight excluding hydrogens is 488 g/mol. The number of nitriles is 1. The van der Waals surface area contributed by atoms with Crippen molar-refractivity contribution in [1.82, 2.24) is 14.7 Å². The van der Waals surface area contributed by atoms with Gasteiger partial charge in [-0.25, -0.2) is 4.98 Å². The Bertz CT molecular complexity index is 1440. The van der Waals surface area contributed by atoms with E-state index >= 15 is 0 Å². The van der Waals surface area contributed by atoms with Crippen LogP contribution in [0.25, 0.3) is 16.9 Å². The number of aliphatic hydroxyl groups is 1. The highest BCUT2D eigenvalue weighted by Crippen LogP contribution is 2.24. The Kier molecular flexibility index (Phi) is 8.12. The van der Waals surface area contributed by atoms with Gasteiger partial charge in [0.25, 0.3) is 5.91 Å². The van der Waals surface area contributed by atoms with E-state index in [9.17, 15) is 15.2 Å². The van der Waals surface area contributed by atoms with E-state index in [0.29, 0.717) is 40.4 Å². The quantitative estimate of drug-likeness (QED) is 0.309. The van der Waals surface area contributed by atoms with Crippen LogP contribution in [-0.2, 0) is 6.42 Å². The fourth-order valence-corrected chi connectivity index (χ4v) is 4.42. The van der Waals surface area contributed by atoms with Gasteiger partial charge >= 0.3 is 0 Å². The van der Waals surface area contributed by atoms with E-state index in [1.54, 1.807) is 19.1 Å². The zero-order valence-electron chi connectivity index (χ0n) is 21.0. The molecule has 0 aliphatic carbocycles. The predicted octanol–water partition coefficient (Wildman–Crippen LogP) is 5.43. The minimum Gasteiger partial charge on any atom is -0.490 e. The molecule has 2 atom stereocenters. The largest absolute Gasteiger partial charge is 0.490 e. The lowest BCUT2D eigenvalue weighted by molar-refractivity contribution is 0.0917. The lowest BCUT2D eigenvalue weighted by Crippen LogP contribution is -2.38. The molecule has 37 heavy (non-hydrogen) atoms. The summed E-state index contributed by atoms with van der Waals surface area (Å²) in [6.45, 7) is 5.45. The molecule has 0 aliphatic rings. The van der Waals surface area contributed by atoms with E-state index in [2.05, 4.69) is 16.4 Å². The number of carbonyl (C=O) groups excluding carboxylic acids is 1. The molecule has 0 spiro atoms. The van der Waals surface area contributed by atoms with Gasteiger partial charge in [-0.1, -0.05) is 35.9 Å². The van der Waals surface area contributed by atoms with Crippen LogP contribution in [0.15, 0.2) is 67.0 Å². The first kappa shape index (κ1) is 26.2. The Morgan fingerprint density at radius 3 is 2.59 bits per heavy atom. The molecule has 7 nitrogen and oxygen atoms in total. The Morgan fingerprint density at radius 1 is 1.19 bits per heavy atom. The third-order valence-corrected chi connectivity index (χ3v) is 6.15. The highest BCUT2D eigenvalue weighted by Gasteiger charge is 2.18. The number of nitrogens with zero attached hydrogens (tertiary/aromatic N) is 3. The first-order valence-corrected chi connectivity index (χ1v) is 12.5. The van der Waals surface area contributed by atoms with Crippen molar-refractivity contribution in [3.8, 4) is 23.1 Å². The lowest BCUT2D eigenvalue weighted by Gasteiger charge is -2.21. The van der Waals surface area contributed by atoms with Gasteiger partial charge in [0.05, 0.1) is 28.5 Å². The van der Waals surface area contributed by atoms with Crippen LogP contribution in [0.3, 0.4) is 0 Å². The lowest BCUT2D eigenvalue weighted by atomic mass is 9.99. The number of benzene rings is 2. The minimum absolute atomic E-state index is 0.0842. The number of pyridine rings is 1. The smallest absolute Gasteiger partial charge is 0.251 e. The van der Waals surface area contributed by atoms with Gasteiger partial charge in [-0.2, -0.15) is 5.26 Å². The summed E-state index contributed by atoms with van der Waals surface area (Å²) in [4.78, 5) is 17.6. The standard InChI is InChI=1S/C29H29ClN4O3/c1-18(2)37-27-11-10-22(15-23(27)16-31)29(36)32-24(13-19(3)35)14-20-6-8-21(9-7-20)26-17-34-12-4-5-25(30)28(34)33-26/h4-12,15,17-19,24,35H,13-14H2,1-3H3,(H,32,36)/t19?,24-/m1/s1. The number of carbonyl (C=O) groups is 1. The molecule has 0 bridgehead atoms. The Morgan fingerprint density at radius 2 is 1.95 bits per heavy atom. The number of aromatic nitrogens is 2. The van der Waals surface area contributed by atoms with Crippen molar-refractivity contribution < 1.29 is 14.6 Å². The summed E-state index contributed by atoms with van der Waals surface area (Å²) < 4.78 is 7.54. The van der Waals surface area contributed by atoms with Crippen molar-refractivity contribution >= 4 is 23.2 Å². The maximum atomic E-state index is 13.0. The predicted molar refractivity (Wildman–Crippen MR) is 144 cm³/mol. The molecule has 2 N–H and O–H groups in total. The highest BCUT2D eigenvalue weighted by atomic mass is 35.5. The average Bonchev–Trinajstić information content (AvgIpc) is 3.30. The summed E-state index contributed by atoms with van der Waals surface area (Å²) in [6.07, 6.45) is 4.08. The summed E-state index contributed by atoms with van der Waals surface area (Å²) in [6, 6.07) is 18.2. The van der Waals surface area contributed by atoms with Crippen LogP contribution in [0.2, 0.25) is 5.02 Å². The average molecular weight is 517 g/mol. The zero-order chi connectivity index (χ0) is 26.5. The zero-order valence-corrected chi connectivity index (χ0v) is 21.7. The number of fused-ring (bicyclic) bond motifs is 1. The third kappa shape index (κ3) is 6.48. The Balaban J connectivity index is 1.48. The van der Waals surface area contributed by atoms with E-state index in [0.717, 1.165) is 16.8 Å². The maximum Gasteiger partial charge on any atom is 0.251 e. The second kappa shape index (κ2) is 11.5. The first-order chi connectivity index (χ1) is 17.7. The molecule has 0 saturated carbocycles. The summed E-state index contributed by atoms with van der Waals surface area (Å²) >= 11 is 6.25. The molecule has 0 saturated heterocycles. The topological polar surface area (TPSA) is 99.7 Å². The number of imidazole rings is 1. The number of nitrogens with one attached hydrogen (secondary N) is 1. The fraction of sp³-hybridized carbons (Fsp3) is 0.276. The summed E-state index contributed by atoms with van der Waals surface area (Å²) in [5.41, 5.74) is 4.14. The molecule has 2 heterocycles. The molecule has 2 aromatic heterocycles. The second-order valence-corrected chi connectivity index (χ2v) is 9.77. The molecule has 190 valence electrons. The van der Waals surface area contributed by atoms with Gasteiger partial charge in [0.2, 0.25) is 0 Å². The van der Waals surface area contributed by atoms with Crippen LogP contribution >= 0.6 is 11.6 Å². The molecule has 8 heteroatoms. The van der Waals surface area contributed by atoms with E-state index < -0.39 is 6.10 Å². The van der Waals surface area contributed by atoms with Crippen LogP contribution in [0.1, 0.15) is 48.7 Å². The summed E-state index contributed by atoms with van der Waals surface area (Å²) in [7, 11) is 0. The molecule has 0 aliphatic heterocycles. The number of hydrogen-bond acceptors (Lipinski definition) is 5. The van der Waals surface area contributed by atoms with E-state index in [-0.39, 0.29) is 18.1 Å².